The van der Waals surface area contributed by atoms with Gasteiger partial charge in [-0.3, -0.25) is 4.79 Å². The van der Waals surface area contributed by atoms with Gasteiger partial charge in [-0.2, -0.15) is 13.2 Å². The van der Waals surface area contributed by atoms with Gasteiger partial charge in [0.05, 0.1) is 17.8 Å². The van der Waals surface area contributed by atoms with E-state index in [0.29, 0.717) is 42.3 Å². The first-order chi connectivity index (χ1) is 13.4. The Kier molecular flexibility index (Phi) is 3.61. The van der Waals surface area contributed by atoms with Crippen LogP contribution in [0.15, 0.2) is 23.1 Å². The summed E-state index contributed by atoms with van der Waals surface area (Å²) in [5, 5.41) is 7.07. The molecule has 1 aliphatic heterocycles. The fourth-order valence-corrected chi connectivity index (χ4v) is 3.63. The maximum absolute atomic E-state index is 12.7. The highest BCUT2D eigenvalue weighted by atomic mass is 19.4. The molecule has 146 valence electrons. The van der Waals surface area contributed by atoms with Crippen LogP contribution >= 0.6 is 0 Å². The second kappa shape index (κ2) is 5.94. The molecule has 5 rings (SSSR count). The van der Waals surface area contributed by atoms with Crippen molar-refractivity contribution in [1.82, 2.24) is 25.4 Å². The first-order valence-corrected chi connectivity index (χ1v) is 8.80. The molecule has 0 radical (unpaired) electrons. The van der Waals surface area contributed by atoms with Crippen molar-refractivity contribution in [2.24, 2.45) is 5.92 Å². The standard InChI is InChI=1S/C17H15F3N6O2/c18-17(19,20)10-5-11(10)24-16(27)13-9-6-26(4-2-12(9)28-25-13)15-8-1-3-21-14(8)22-7-23-15/h1,3,7,10-11H,2,4-6H2,(H,24,27)(H,21,22,23). The number of aromatic nitrogens is 4. The van der Waals surface area contributed by atoms with E-state index < -0.39 is 24.0 Å². The number of anilines is 1. The number of fused-ring (bicyclic) bond motifs is 2. The Bertz CT molecular complexity index is 1060. The van der Waals surface area contributed by atoms with Crippen LogP contribution in [0.1, 0.15) is 28.2 Å². The summed E-state index contributed by atoms with van der Waals surface area (Å²) >= 11 is 0. The predicted molar refractivity (Wildman–Crippen MR) is 90.6 cm³/mol. The lowest BCUT2D eigenvalue weighted by atomic mass is 10.1. The van der Waals surface area contributed by atoms with Crippen molar-refractivity contribution in [3.63, 3.8) is 0 Å². The molecule has 2 unspecified atom stereocenters. The zero-order chi connectivity index (χ0) is 19.5. The van der Waals surface area contributed by atoms with Crippen LogP contribution in [0.5, 0.6) is 0 Å². The van der Waals surface area contributed by atoms with Gasteiger partial charge in [0.15, 0.2) is 5.69 Å². The molecule has 2 N–H and O–H groups in total. The monoisotopic (exact) mass is 392 g/mol. The first kappa shape index (κ1) is 17.0. The Morgan fingerprint density at radius 1 is 1.36 bits per heavy atom. The second-order valence-corrected chi connectivity index (χ2v) is 7.01. The number of rotatable bonds is 3. The Morgan fingerprint density at radius 2 is 2.21 bits per heavy atom. The van der Waals surface area contributed by atoms with Crippen LogP contribution in [-0.4, -0.2) is 44.8 Å². The van der Waals surface area contributed by atoms with Gasteiger partial charge in [0, 0.05) is 30.8 Å². The van der Waals surface area contributed by atoms with E-state index in [4.69, 9.17) is 4.52 Å². The minimum atomic E-state index is -4.30. The van der Waals surface area contributed by atoms with E-state index in [0.717, 1.165) is 5.39 Å². The van der Waals surface area contributed by atoms with Crippen molar-refractivity contribution in [1.29, 1.82) is 0 Å². The lowest BCUT2D eigenvalue weighted by Gasteiger charge is -2.27. The van der Waals surface area contributed by atoms with Gasteiger partial charge >= 0.3 is 6.18 Å². The summed E-state index contributed by atoms with van der Waals surface area (Å²) in [4.78, 5) is 26.0. The van der Waals surface area contributed by atoms with Crippen molar-refractivity contribution in [2.45, 2.75) is 31.6 Å². The van der Waals surface area contributed by atoms with Gasteiger partial charge in [0.25, 0.3) is 5.91 Å². The summed E-state index contributed by atoms with van der Waals surface area (Å²) in [6.07, 6.45) is -0.667. The van der Waals surface area contributed by atoms with Crippen LogP contribution in [0.3, 0.4) is 0 Å². The molecule has 8 nitrogen and oxygen atoms in total. The number of aromatic amines is 1. The number of H-pyrrole nitrogens is 1. The van der Waals surface area contributed by atoms with E-state index in [9.17, 15) is 18.0 Å². The van der Waals surface area contributed by atoms with Crippen molar-refractivity contribution in [3.8, 4) is 0 Å². The molecule has 1 amide bonds. The molecule has 2 atom stereocenters. The molecule has 1 saturated carbocycles. The maximum atomic E-state index is 12.7. The van der Waals surface area contributed by atoms with E-state index in [1.54, 1.807) is 6.20 Å². The normalized spacial score (nSPS) is 21.6. The Balaban J connectivity index is 1.37. The molecule has 1 aliphatic carbocycles. The largest absolute Gasteiger partial charge is 0.393 e. The topological polar surface area (TPSA) is 99.9 Å². The molecule has 0 spiro atoms. The Labute approximate surface area is 156 Å². The highest BCUT2D eigenvalue weighted by Gasteiger charge is 2.56. The van der Waals surface area contributed by atoms with E-state index >= 15 is 0 Å². The van der Waals surface area contributed by atoms with Gasteiger partial charge in [0.1, 0.15) is 23.6 Å². The molecular formula is C17H15F3N6O2. The number of carbonyl (C=O) groups excluding carboxylic acids is 1. The Morgan fingerprint density at radius 3 is 3.00 bits per heavy atom. The summed E-state index contributed by atoms with van der Waals surface area (Å²) in [5.74, 6) is -0.843. The molecule has 3 aromatic heterocycles. The minimum absolute atomic E-state index is 0.0342. The van der Waals surface area contributed by atoms with Crippen molar-refractivity contribution < 1.29 is 22.5 Å². The molecule has 0 saturated heterocycles. The molecule has 28 heavy (non-hydrogen) atoms. The average Bonchev–Trinajstić information content (AvgIpc) is 3.11. The van der Waals surface area contributed by atoms with Crippen LogP contribution in [0.4, 0.5) is 19.0 Å². The highest BCUT2D eigenvalue weighted by Crippen LogP contribution is 2.44. The number of hydrogen-bond donors (Lipinski definition) is 2. The van der Waals surface area contributed by atoms with Gasteiger partial charge in [-0.1, -0.05) is 5.16 Å². The van der Waals surface area contributed by atoms with Crippen molar-refractivity contribution in [2.75, 3.05) is 11.4 Å². The average molecular weight is 392 g/mol. The molecule has 11 heteroatoms. The lowest BCUT2D eigenvalue weighted by molar-refractivity contribution is -0.148. The molecule has 1 fully saturated rings. The highest BCUT2D eigenvalue weighted by molar-refractivity contribution is 5.94. The van der Waals surface area contributed by atoms with Crippen LogP contribution < -0.4 is 10.2 Å². The van der Waals surface area contributed by atoms with E-state index in [-0.39, 0.29) is 12.1 Å². The van der Waals surface area contributed by atoms with Gasteiger partial charge in [-0.05, 0) is 12.5 Å². The van der Waals surface area contributed by atoms with Crippen LogP contribution in [0, 0.1) is 5.92 Å². The van der Waals surface area contributed by atoms with Crippen LogP contribution in [0.2, 0.25) is 0 Å². The van der Waals surface area contributed by atoms with Crippen LogP contribution in [-0.2, 0) is 13.0 Å². The summed E-state index contributed by atoms with van der Waals surface area (Å²) in [6, 6.07) is 0.965. The fourth-order valence-electron chi connectivity index (χ4n) is 3.63. The number of nitrogens with zero attached hydrogens (tertiary/aromatic N) is 4. The third-order valence-electron chi connectivity index (χ3n) is 5.20. The molecule has 4 heterocycles. The molecule has 0 aromatic carbocycles. The summed E-state index contributed by atoms with van der Waals surface area (Å²) < 4.78 is 43.3. The first-order valence-electron chi connectivity index (χ1n) is 8.80. The van der Waals surface area contributed by atoms with Crippen LogP contribution in [0.25, 0.3) is 11.0 Å². The van der Waals surface area contributed by atoms with E-state index in [1.807, 2.05) is 11.0 Å². The second-order valence-electron chi connectivity index (χ2n) is 7.01. The van der Waals surface area contributed by atoms with Gasteiger partial charge in [-0.15, -0.1) is 0 Å². The van der Waals surface area contributed by atoms with Crippen molar-refractivity contribution in [3.05, 3.63) is 35.6 Å². The van der Waals surface area contributed by atoms with Crippen molar-refractivity contribution >= 4 is 22.8 Å². The quantitative estimate of drug-likeness (QED) is 0.709. The third kappa shape index (κ3) is 2.77. The molecular weight excluding hydrogens is 377 g/mol. The van der Waals surface area contributed by atoms with Gasteiger partial charge < -0.3 is 19.7 Å². The van der Waals surface area contributed by atoms with Gasteiger partial charge in [0.2, 0.25) is 0 Å². The molecule has 3 aromatic rings. The van der Waals surface area contributed by atoms with Gasteiger partial charge in [-0.25, -0.2) is 9.97 Å². The molecule has 0 bridgehead atoms. The van der Waals surface area contributed by atoms with E-state index in [2.05, 4.69) is 25.4 Å². The fraction of sp³-hybridized carbons (Fsp3) is 0.412. The number of halogens is 3. The SMILES string of the molecule is O=C(NC1CC1C(F)(F)F)c1noc2c1CN(c1ncnc3[nH]ccc13)CC2. The summed E-state index contributed by atoms with van der Waals surface area (Å²) in [7, 11) is 0. The predicted octanol–water partition coefficient (Wildman–Crippen LogP) is 2.19. The number of amides is 1. The number of carbonyl (C=O) groups is 1. The number of nitrogens with one attached hydrogen (secondary N) is 2. The minimum Gasteiger partial charge on any atom is -0.360 e. The summed E-state index contributed by atoms with van der Waals surface area (Å²) in [5.41, 5.74) is 1.31. The lowest BCUT2D eigenvalue weighted by Crippen LogP contribution is -2.34. The zero-order valence-electron chi connectivity index (χ0n) is 14.5. The van der Waals surface area contributed by atoms with E-state index in [1.165, 1.54) is 6.33 Å². The third-order valence-corrected chi connectivity index (χ3v) is 5.20. The number of alkyl halides is 3. The molecule has 2 aliphatic rings. The Hall–Kier alpha value is -3.11. The zero-order valence-corrected chi connectivity index (χ0v) is 14.5. The summed E-state index contributed by atoms with van der Waals surface area (Å²) in [6.45, 7) is 0.936. The smallest absolute Gasteiger partial charge is 0.360 e. The number of hydrogen-bond acceptors (Lipinski definition) is 6. The maximum Gasteiger partial charge on any atom is 0.393 e.